The van der Waals surface area contributed by atoms with E-state index in [9.17, 15) is 4.79 Å². The minimum absolute atomic E-state index is 0.0333. The highest BCUT2D eigenvalue weighted by Crippen LogP contribution is 2.30. The van der Waals surface area contributed by atoms with Crippen molar-refractivity contribution in [3.63, 3.8) is 0 Å². The van der Waals surface area contributed by atoms with Crippen LogP contribution in [0.5, 0.6) is 0 Å². The largest absolute Gasteiger partial charge is 0.352 e. The van der Waals surface area contributed by atoms with Crippen LogP contribution in [0.3, 0.4) is 0 Å². The van der Waals surface area contributed by atoms with Gasteiger partial charge in [-0.1, -0.05) is 40.2 Å². The summed E-state index contributed by atoms with van der Waals surface area (Å²) in [6.07, 6.45) is 7.77. The molecule has 1 heterocycles. The molecule has 0 radical (unpaired) electrons. The van der Waals surface area contributed by atoms with Gasteiger partial charge >= 0.3 is 0 Å². The Kier molecular flexibility index (Phi) is 4.15. The molecule has 1 N–H and O–H groups in total. The number of allylic oxidation sites excluding steroid dienone is 4. The lowest BCUT2D eigenvalue weighted by atomic mass is 9.96. The van der Waals surface area contributed by atoms with Crippen molar-refractivity contribution >= 4 is 27.5 Å². The van der Waals surface area contributed by atoms with E-state index >= 15 is 0 Å². The monoisotopic (exact) mass is 342 g/mol. The quantitative estimate of drug-likeness (QED) is 0.889. The molecular formula is C17H15BrN2O. The number of benzene rings is 1. The van der Waals surface area contributed by atoms with Crippen molar-refractivity contribution in [1.82, 2.24) is 5.32 Å². The summed E-state index contributed by atoms with van der Waals surface area (Å²) in [6, 6.07) is 9.27. The topological polar surface area (TPSA) is 41.5 Å². The van der Waals surface area contributed by atoms with Gasteiger partial charge in [0.05, 0.1) is 5.71 Å². The van der Waals surface area contributed by atoms with Crippen molar-refractivity contribution in [2.45, 2.75) is 12.8 Å². The number of aliphatic imine (C=N–C) groups is 1. The molecule has 0 fully saturated rings. The lowest BCUT2D eigenvalue weighted by molar-refractivity contribution is 0.0954. The van der Waals surface area contributed by atoms with Crippen molar-refractivity contribution < 1.29 is 4.79 Å². The van der Waals surface area contributed by atoms with E-state index in [2.05, 4.69) is 38.4 Å². The number of carbonyl (C=O) groups excluding carboxylic acids is 1. The number of carbonyl (C=O) groups is 1. The Morgan fingerprint density at radius 3 is 2.90 bits per heavy atom. The van der Waals surface area contributed by atoms with Gasteiger partial charge in [0.2, 0.25) is 0 Å². The predicted octanol–water partition coefficient (Wildman–Crippen LogP) is 3.75. The van der Waals surface area contributed by atoms with Gasteiger partial charge in [0.25, 0.3) is 5.91 Å². The fraction of sp³-hybridized carbons (Fsp3) is 0.176. The lowest BCUT2D eigenvalue weighted by Gasteiger charge is -2.12. The van der Waals surface area contributed by atoms with E-state index in [4.69, 9.17) is 0 Å². The predicted molar refractivity (Wildman–Crippen MR) is 88.6 cm³/mol. The highest BCUT2D eigenvalue weighted by molar-refractivity contribution is 9.11. The Morgan fingerprint density at radius 1 is 1.29 bits per heavy atom. The van der Waals surface area contributed by atoms with Gasteiger partial charge in [0.15, 0.2) is 0 Å². The summed E-state index contributed by atoms with van der Waals surface area (Å²) in [4.78, 5) is 16.4. The molecule has 3 nitrogen and oxygen atoms in total. The van der Waals surface area contributed by atoms with Gasteiger partial charge < -0.3 is 5.32 Å². The molecule has 0 unspecified atom stereocenters. The second-order valence-electron chi connectivity index (χ2n) is 4.95. The molecule has 1 aliphatic heterocycles. The van der Waals surface area contributed by atoms with Crippen molar-refractivity contribution in [3.8, 4) is 0 Å². The summed E-state index contributed by atoms with van der Waals surface area (Å²) in [5, 5.41) is 2.95. The van der Waals surface area contributed by atoms with Crippen molar-refractivity contribution in [2.75, 3.05) is 6.54 Å². The van der Waals surface area contributed by atoms with Crippen LogP contribution in [0.4, 0.5) is 0 Å². The molecule has 1 aromatic rings. The number of fused-ring (bicyclic) bond motifs is 1. The highest BCUT2D eigenvalue weighted by Gasteiger charge is 2.19. The molecule has 3 rings (SSSR count). The molecule has 0 bridgehead atoms. The summed E-state index contributed by atoms with van der Waals surface area (Å²) in [5.41, 5.74) is 4.18. The average Bonchev–Trinajstić information content (AvgIpc) is 2.90. The summed E-state index contributed by atoms with van der Waals surface area (Å²) in [6.45, 7) is 0.612. The van der Waals surface area contributed by atoms with Crippen LogP contribution in [-0.2, 0) is 0 Å². The van der Waals surface area contributed by atoms with E-state index in [-0.39, 0.29) is 5.91 Å². The SMILES string of the molecule is O=C(NCCC1=CN=C2CC=C(Br)C=C12)c1ccccc1. The first-order valence-corrected chi connectivity index (χ1v) is 7.70. The molecule has 1 aliphatic carbocycles. The van der Waals surface area contributed by atoms with Crippen molar-refractivity contribution in [1.29, 1.82) is 0 Å². The van der Waals surface area contributed by atoms with E-state index < -0.39 is 0 Å². The summed E-state index contributed by atoms with van der Waals surface area (Å²) < 4.78 is 1.09. The molecule has 106 valence electrons. The van der Waals surface area contributed by atoms with Crippen molar-refractivity contribution in [2.24, 2.45) is 4.99 Å². The van der Waals surface area contributed by atoms with Crippen LogP contribution in [-0.4, -0.2) is 18.2 Å². The van der Waals surface area contributed by atoms with Crippen LogP contribution < -0.4 is 5.32 Å². The van der Waals surface area contributed by atoms with Crippen molar-refractivity contribution in [3.05, 3.63) is 69.9 Å². The zero-order valence-corrected chi connectivity index (χ0v) is 13.1. The normalized spacial score (nSPS) is 16.4. The standard InChI is InChI=1S/C17H15BrN2O/c18-14-6-7-16-15(10-14)13(11-20-16)8-9-19-17(21)12-4-2-1-3-5-12/h1-6,10-11H,7-9H2,(H,19,21). The van der Waals surface area contributed by atoms with E-state index in [1.807, 2.05) is 36.5 Å². The van der Waals surface area contributed by atoms with Gasteiger partial charge in [-0.25, -0.2) is 0 Å². The van der Waals surface area contributed by atoms with Crippen LogP contribution >= 0.6 is 15.9 Å². The Hall–Kier alpha value is -1.94. The Bertz CT molecular complexity index is 684. The molecule has 0 saturated heterocycles. The maximum atomic E-state index is 12.0. The van der Waals surface area contributed by atoms with Gasteiger partial charge in [-0.15, -0.1) is 0 Å². The maximum absolute atomic E-state index is 12.0. The minimum Gasteiger partial charge on any atom is -0.352 e. The van der Waals surface area contributed by atoms with Crippen LogP contribution in [0, 0.1) is 0 Å². The maximum Gasteiger partial charge on any atom is 0.251 e. The second-order valence-corrected chi connectivity index (χ2v) is 5.87. The zero-order chi connectivity index (χ0) is 14.7. The molecular weight excluding hydrogens is 328 g/mol. The molecule has 4 heteroatoms. The molecule has 1 aromatic carbocycles. The molecule has 0 saturated carbocycles. The third-order valence-corrected chi connectivity index (χ3v) is 4.07. The van der Waals surface area contributed by atoms with Gasteiger partial charge in [0, 0.05) is 34.8 Å². The molecule has 0 spiro atoms. The van der Waals surface area contributed by atoms with Crippen LogP contribution in [0.1, 0.15) is 23.2 Å². The average molecular weight is 343 g/mol. The summed E-state index contributed by atoms with van der Waals surface area (Å²) in [7, 11) is 0. The smallest absolute Gasteiger partial charge is 0.251 e. The van der Waals surface area contributed by atoms with E-state index in [1.54, 1.807) is 0 Å². The molecule has 1 amide bonds. The molecule has 0 atom stereocenters. The number of nitrogens with zero attached hydrogens (tertiary/aromatic N) is 1. The first-order chi connectivity index (χ1) is 10.2. The van der Waals surface area contributed by atoms with Crippen LogP contribution in [0.2, 0.25) is 0 Å². The number of hydrogen-bond donors (Lipinski definition) is 1. The number of rotatable bonds is 4. The first kappa shape index (κ1) is 14.0. The van der Waals surface area contributed by atoms with Gasteiger partial charge in [-0.05, 0) is 30.2 Å². The first-order valence-electron chi connectivity index (χ1n) is 6.91. The summed E-state index contributed by atoms with van der Waals surface area (Å²) in [5.74, 6) is -0.0333. The van der Waals surface area contributed by atoms with Crippen LogP contribution in [0.25, 0.3) is 0 Å². The fourth-order valence-corrected chi connectivity index (χ4v) is 2.80. The van der Waals surface area contributed by atoms with Crippen LogP contribution in [0.15, 0.2) is 69.3 Å². The zero-order valence-electron chi connectivity index (χ0n) is 11.5. The van der Waals surface area contributed by atoms with E-state index in [0.29, 0.717) is 12.1 Å². The van der Waals surface area contributed by atoms with E-state index in [1.165, 1.54) is 11.1 Å². The molecule has 21 heavy (non-hydrogen) atoms. The highest BCUT2D eigenvalue weighted by atomic mass is 79.9. The third-order valence-electron chi connectivity index (χ3n) is 3.52. The third kappa shape index (κ3) is 3.22. The van der Waals surface area contributed by atoms with E-state index in [0.717, 1.165) is 23.0 Å². The number of halogens is 1. The number of nitrogens with one attached hydrogen (secondary N) is 1. The number of hydrogen-bond acceptors (Lipinski definition) is 2. The minimum atomic E-state index is -0.0333. The fourth-order valence-electron chi connectivity index (χ4n) is 2.41. The van der Waals surface area contributed by atoms with Gasteiger partial charge in [0.1, 0.15) is 0 Å². The summed E-state index contributed by atoms with van der Waals surface area (Å²) >= 11 is 3.51. The Balaban J connectivity index is 1.55. The van der Waals surface area contributed by atoms with Gasteiger partial charge in [-0.2, -0.15) is 0 Å². The van der Waals surface area contributed by atoms with Gasteiger partial charge in [-0.3, -0.25) is 9.79 Å². The second kappa shape index (κ2) is 6.22. The Labute approximate surface area is 132 Å². The molecule has 2 aliphatic rings. The lowest BCUT2D eigenvalue weighted by Crippen LogP contribution is -2.24. The number of amides is 1. The molecule has 0 aromatic heterocycles. The Morgan fingerprint density at radius 2 is 2.10 bits per heavy atom.